The van der Waals surface area contributed by atoms with E-state index < -0.39 is 0 Å². The molecule has 1 fully saturated rings. The summed E-state index contributed by atoms with van der Waals surface area (Å²) in [7, 11) is 2.06. The summed E-state index contributed by atoms with van der Waals surface area (Å²) in [5.74, 6) is -0.364. The first-order chi connectivity index (χ1) is 12.1. The van der Waals surface area contributed by atoms with E-state index in [0.717, 1.165) is 12.8 Å². The summed E-state index contributed by atoms with van der Waals surface area (Å²) in [6.07, 6.45) is 4.57. The lowest BCUT2D eigenvalue weighted by Gasteiger charge is -2.16. The van der Waals surface area contributed by atoms with Crippen LogP contribution in [0, 0.1) is 5.82 Å². The van der Waals surface area contributed by atoms with Crippen LogP contribution in [0.2, 0.25) is 0 Å². The van der Waals surface area contributed by atoms with E-state index in [2.05, 4.69) is 41.3 Å². The Labute approximate surface area is 146 Å². The SMILES string of the molecule is Cn1cc(C2(CNC(=O)Cc3cccc(F)c3)CC2)c2ccccc21. The van der Waals surface area contributed by atoms with E-state index in [1.165, 1.54) is 28.6 Å². The molecule has 1 aliphatic carbocycles. The molecule has 0 bridgehead atoms. The zero-order valence-electron chi connectivity index (χ0n) is 14.3. The zero-order chi connectivity index (χ0) is 17.4. The van der Waals surface area contributed by atoms with Crippen molar-refractivity contribution >= 4 is 16.8 Å². The van der Waals surface area contributed by atoms with Gasteiger partial charge < -0.3 is 9.88 Å². The predicted octanol–water partition coefficient (Wildman–Crippen LogP) is 3.71. The second-order valence-electron chi connectivity index (χ2n) is 7.03. The van der Waals surface area contributed by atoms with Gasteiger partial charge in [-0.25, -0.2) is 4.39 Å². The Bertz CT molecular complexity index is 940. The number of benzene rings is 2. The lowest BCUT2D eigenvalue weighted by Crippen LogP contribution is -2.33. The molecule has 0 radical (unpaired) electrons. The van der Waals surface area contributed by atoms with E-state index >= 15 is 0 Å². The molecule has 3 aromatic rings. The molecule has 0 saturated heterocycles. The quantitative estimate of drug-likeness (QED) is 0.757. The average molecular weight is 336 g/mol. The third-order valence-electron chi connectivity index (χ3n) is 5.20. The minimum absolute atomic E-state index is 0.0401. The maximum Gasteiger partial charge on any atom is 0.224 e. The second kappa shape index (κ2) is 6.03. The van der Waals surface area contributed by atoms with Crippen LogP contribution < -0.4 is 5.32 Å². The fourth-order valence-electron chi connectivity index (χ4n) is 3.62. The Hall–Kier alpha value is -2.62. The summed E-state index contributed by atoms with van der Waals surface area (Å²) in [6, 6.07) is 14.6. The molecule has 1 heterocycles. The summed E-state index contributed by atoms with van der Waals surface area (Å²) in [5, 5.41) is 4.32. The van der Waals surface area contributed by atoms with Crippen LogP contribution in [0.4, 0.5) is 4.39 Å². The molecule has 1 aliphatic rings. The number of para-hydroxylation sites is 1. The predicted molar refractivity (Wildman–Crippen MR) is 96.9 cm³/mol. The molecule has 1 N–H and O–H groups in total. The van der Waals surface area contributed by atoms with Crippen molar-refractivity contribution in [3.63, 3.8) is 0 Å². The fourth-order valence-corrected chi connectivity index (χ4v) is 3.62. The number of amides is 1. The Morgan fingerprint density at radius 2 is 2.00 bits per heavy atom. The van der Waals surface area contributed by atoms with Crippen molar-refractivity contribution in [3.05, 3.63) is 71.7 Å². The summed E-state index contributed by atoms with van der Waals surface area (Å²) >= 11 is 0. The first-order valence-corrected chi connectivity index (χ1v) is 8.63. The molecule has 3 nitrogen and oxygen atoms in total. The number of nitrogens with one attached hydrogen (secondary N) is 1. The topological polar surface area (TPSA) is 34.0 Å². The number of aromatic nitrogens is 1. The summed E-state index contributed by atoms with van der Waals surface area (Å²) in [6.45, 7) is 0.634. The Morgan fingerprint density at radius 1 is 1.20 bits per heavy atom. The van der Waals surface area contributed by atoms with Gasteiger partial charge in [0, 0.05) is 36.1 Å². The Kier molecular flexibility index (Phi) is 3.83. The molecule has 25 heavy (non-hydrogen) atoms. The maximum atomic E-state index is 13.2. The van der Waals surface area contributed by atoms with Crippen LogP contribution in [0.3, 0.4) is 0 Å². The van der Waals surface area contributed by atoms with Crippen molar-refractivity contribution in [1.82, 2.24) is 9.88 Å². The van der Waals surface area contributed by atoms with Crippen molar-refractivity contribution < 1.29 is 9.18 Å². The number of fused-ring (bicyclic) bond motifs is 1. The van der Waals surface area contributed by atoms with Crippen LogP contribution in [0.5, 0.6) is 0 Å². The maximum absolute atomic E-state index is 13.2. The van der Waals surface area contributed by atoms with Crippen LogP contribution in [-0.4, -0.2) is 17.0 Å². The van der Waals surface area contributed by atoms with Gasteiger partial charge in [0.25, 0.3) is 0 Å². The molecule has 0 aliphatic heterocycles. The number of carbonyl (C=O) groups is 1. The standard InChI is InChI=1S/C21H21FN2O/c1-24-13-18(17-7-2-3-8-19(17)24)21(9-10-21)14-23-20(25)12-15-5-4-6-16(22)11-15/h2-8,11,13H,9-10,12,14H2,1H3,(H,23,25). The lowest BCUT2D eigenvalue weighted by atomic mass is 9.95. The molecule has 1 aromatic heterocycles. The minimum Gasteiger partial charge on any atom is -0.355 e. The van der Waals surface area contributed by atoms with Crippen LogP contribution >= 0.6 is 0 Å². The third-order valence-corrected chi connectivity index (χ3v) is 5.20. The van der Waals surface area contributed by atoms with Crippen LogP contribution in [0.15, 0.2) is 54.7 Å². The molecule has 0 spiro atoms. The summed E-state index contributed by atoms with van der Waals surface area (Å²) < 4.78 is 15.4. The number of rotatable bonds is 5. The van der Waals surface area contributed by atoms with E-state index in [0.29, 0.717) is 12.1 Å². The van der Waals surface area contributed by atoms with E-state index in [4.69, 9.17) is 0 Å². The van der Waals surface area contributed by atoms with Crippen molar-refractivity contribution in [3.8, 4) is 0 Å². The molecule has 2 aromatic carbocycles. The van der Waals surface area contributed by atoms with Crippen LogP contribution in [-0.2, 0) is 23.7 Å². The molecule has 1 amide bonds. The molecule has 0 atom stereocenters. The van der Waals surface area contributed by atoms with Gasteiger partial charge in [-0.2, -0.15) is 0 Å². The molecule has 128 valence electrons. The fraction of sp³-hybridized carbons (Fsp3) is 0.286. The first-order valence-electron chi connectivity index (χ1n) is 8.63. The van der Waals surface area contributed by atoms with Crippen molar-refractivity contribution in [2.75, 3.05) is 6.54 Å². The monoisotopic (exact) mass is 336 g/mol. The Balaban J connectivity index is 1.48. The summed E-state index contributed by atoms with van der Waals surface area (Å²) in [4.78, 5) is 12.3. The lowest BCUT2D eigenvalue weighted by molar-refractivity contribution is -0.120. The third kappa shape index (κ3) is 3.04. The van der Waals surface area contributed by atoms with Gasteiger partial charge in [0.1, 0.15) is 5.82 Å². The first kappa shape index (κ1) is 15.9. The van der Waals surface area contributed by atoms with Crippen LogP contribution in [0.1, 0.15) is 24.0 Å². The Morgan fingerprint density at radius 3 is 2.76 bits per heavy atom. The van der Waals surface area contributed by atoms with Gasteiger partial charge in [-0.1, -0.05) is 30.3 Å². The second-order valence-corrected chi connectivity index (χ2v) is 7.03. The summed E-state index contributed by atoms with van der Waals surface area (Å²) in [5.41, 5.74) is 3.28. The highest BCUT2D eigenvalue weighted by atomic mass is 19.1. The minimum atomic E-state index is -0.306. The van der Waals surface area contributed by atoms with Crippen LogP contribution in [0.25, 0.3) is 10.9 Å². The van der Waals surface area contributed by atoms with Crippen molar-refractivity contribution in [2.24, 2.45) is 7.05 Å². The van der Waals surface area contributed by atoms with Gasteiger partial charge in [-0.15, -0.1) is 0 Å². The average Bonchev–Trinajstić information content (AvgIpc) is 3.31. The zero-order valence-corrected chi connectivity index (χ0v) is 14.3. The number of halogens is 1. The normalized spacial score (nSPS) is 15.3. The van der Waals surface area contributed by atoms with Gasteiger partial charge in [-0.05, 0) is 42.2 Å². The van der Waals surface area contributed by atoms with Gasteiger partial charge in [0.05, 0.1) is 6.42 Å². The van der Waals surface area contributed by atoms with Crippen molar-refractivity contribution in [2.45, 2.75) is 24.7 Å². The number of hydrogen-bond acceptors (Lipinski definition) is 1. The van der Waals surface area contributed by atoms with Gasteiger partial charge in [0.15, 0.2) is 0 Å². The number of aryl methyl sites for hydroxylation is 1. The van der Waals surface area contributed by atoms with Gasteiger partial charge >= 0.3 is 0 Å². The highest BCUT2D eigenvalue weighted by molar-refractivity contribution is 5.86. The van der Waals surface area contributed by atoms with Crippen molar-refractivity contribution in [1.29, 1.82) is 0 Å². The number of hydrogen-bond donors (Lipinski definition) is 1. The molecular formula is C21H21FN2O. The molecule has 0 unspecified atom stereocenters. The largest absolute Gasteiger partial charge is 0.355 e. The molecular weight excluding hydrogens is 315 g/mol. The van der Waals surface area contributed by atoms with E-state index in [-0.39, 0.29) is 23.6 Å². The van der Waals surface area contributed by atoms with E-state index in [1.54, 1.807) is 12.1 Å². The highest BCUT2D eigenvalue weighted by Gasteiger charge is 2.46. The van der Waals surface area contributed by atoms with Gasteiger partial charge in [-0.3, -0.25) is 4.79 Å². The molecule has 4 rings (SSSR count). The van der Waals surface area contributed by atoms with E-state index in [1.807, 2.05) is 6.07 Å². The van der Waals surface area contributed by atoms with E-state index in [9.17, 15) is 9.18 Å². The number of carbonyl (C=O) groups excluding carboxylic acids is 1. The smallest absolute Gasteiger partial charge is 0.224 e. The number of nitrogens with zero attached hydrogens (tertiary/aromatic N) is 1. The van der Waals surface area contributed by atoms with Gasteiger partial charge in [0.2, 0.25) is 5.91 Å². The molecule has 4 heteroatoms. The highest BCUT2D eigenvalue weighted by Crippen LogP contribution is 2.50. The molecule has 1 saturated carbocycles.